The summed E-state index contributed by atoms with van der Waals surface area (Å²) in [6, 6.07) is 0.628. The molecule has 0 saturated heterocycles. The molecule has 1 aromatic heterocycles. The van der Waals surface area contributed by atoms with Gasteiger partial charge in [-0.15, -0.1) is 0 Å². The minimum Gasteiger partial charge on any atom is -0.369 e. The van der Waals surface area contributed by atoms with Crippen molar-refractivity contribution < 1.29 is 0 Å². The molecule has 0 aliphatic rings. The van der Waals surface area contributed by atoms with Gasteiger partial charge in [0, 0.05) is 12.6 Å². The van der Waals surface area contributed by atoms with Crippen LogP contribution in [0.25, 0.3) is 0 Å². The van der Waals surface area contributed by atoms with Crippen LogP contribution in [0.5, 0.6) is 0 Å². The van der Waals surface area contributed by atoms with E-state index >= 15 is 0 Å². The summed E-state index contributed by atoms with van der Waals surface area (Å²) in [5.74, 6) is 0.885. The second-order valence-electron chi connectivity index (χ2n) is 5.13. The quantitative estimate of drug-likeness (QED) is 0.755. The van der Waals surface area contributed by atoms with Crippen LogP contribution < -0.4 is 5.32 Å². The fourth-order valence-electron chi connectivity index (χ4n) is 1.59. The zero-order chi connectivity index (χ0) is 13.5. The van der Waals surface area contributed by atoms with E-state index in [4.69, 9.17) is 0 Å². The molecular weight excluding hydrogens is 224 g/mol. The minimum atomic E-state index is 0.628. The Morgan fingerprint density at radius 3 is 2.56 bits per heavy atom. The molecule has 102 valence electrons. The van der Waals surface area contributed by atoms with E-state index in [-0.39, 0.29) is 0 Å². The molecule has 0 fully saturated rings. The van der Waals surface area contributed by atoms with Crippen molar-refractivity contribution >= 4 is 5.82 Å². The number of aryl methyl sites for hydroxylation is 2. The molecule has 0 radical (unpaired) electrons. The second-order valence-corrected chi connectivity index (χ2v) is 5.13. The Morgan fingerprint density at radius 1 is 1.22 bits per heavy atom. The fraction of sp³-hybridized carbons (Fsp3) is 0.714. The predicted molar refractivity (Wildman–Crippen MR) is 77.0 cm³/mol. The molecule has 0 aliphatic heterocycles. The molecule has 4 heteroatoms. The van der Waals surface area contributed by atoms with Crippen molar-refractivity contribution in [2.75, 3.05) is 25.5 Å². The van der Waals surface area contributed by atoms with Crippen LogP contribution in [0.4, 0.5) is 5.82 Å². The Hall–Kier alpha value is -1.16. The van der Waals surface area contributed by atoms with Gasteiger partial charge in [0.25, 0.3) is 0 Å². The van der Waals surface area contributed by atoms with Gasteiger partial charge in [-0.25, -0.2) is 4.98 Å². The highest BCUT2D eigenvalue weighted by Crippen LogP contribution is 2.06. The molecule has 0 aromatic carbocycles. The Kier molecular flexibility index (Phi) is 6.05. The summed E-state index contributed by atoms with van der Waals surface area (Å²) in [6.45, 7) is 10.5. The summed E-state index contributed by atoms with van der Waals surface area (Å²) in [5, 5.41) is 3.32. The largest absolute Gasteiger partial charge is 0.369 e. The van der Waals surface area contributed by atoms with E-state index in [0.717, 1.165) is 36.7 Å². The molecule has 0 aliphatic carbocycles. The van der Waals surface area contributed by atoms with E-state index in [1.807, 2.05) is 20.0 Å². The Balaban J connectivity index is 2.20. The fourth-order valence-corrected chi connectivity index (χ4v) is 1.59. The maximum atomic E-state index is 4.45. The van der Waals surface area contributed by atoms with Gasteiger partial charge in [-0.3, -0.25) is 4.98 Å². The number of hydrogen-bond acceptors (Lipinski definition) is 4. The normalized spacial score (nSPS) is 11.3. The molecule has 0 unspecified atom stereocenters. The lowest BCUT2D eigenvalue weighted by Crippen LogP contribution is -2.27. The van der Waals surface area contributed by atoms with Gasteiger partial charge < -0.3 is 10.2 Å². The van der Waals surface area contributed by atoms with E-state index in [1.165, 1.54) is 6.42 Å². The Morgan fingerprint density at radius 2 is 1.94 bits per heavy atom. The maximum absolute atomic E-state index is 4.45. The van der Waals surface area contributed by atoms with E-state index in [2.05, 4.69) is 41.1 Å². The van der Waals surface area contributed by atoms with Crippen LogP contribution in [0.2, 0.25) is 0 Å². The number of nitrogens with one attached hydrogen (secondary N) is 1. The first-order valence-electron chi connectivity index (χ1n) is 6.75. The molecule has 0 bridgehead atoms. The smallest absolute Gasteiger partial charge is 0.144 e. The highest BCUT2D eigenvalue weighted by Gasteiger charge is 2.02. The molecule has 4 nitrogen and oxygen atoms in total. The van der Waals surface area contributed by atoms with E-state index in [1.54, 1.807) is 0 Å². The van der Waals surface area contributed by atoms with Crippen molar-refractivity contribution in [1.82, 2.24) is 14.9 Å². The third-order valence-electron chi connectivity index (χ3n) is 3.32. The van der Waals surface area contributed by atoms with E-state index in [9.17, 15) is 0 Å². The first-order valence-corrected chi connectivity index (χ1v) is 6.75. The predicted octanol–water partition coefficient (Wildman–Crippen LogP) is 2.63. The summed E-state index contributed by atoms with van der Waals surface area (Å²) in [6.07, 6.45) is 4.17. The highest BCUT2D eigenvalue weighted by molar-refractivity contribution is 5.32. The average molecular weight is 250 g/mol. The van der Waals surface area contributed by atoms with Gasteiger partial charge in [0.1, 0.15) is 5.82 Å². The standard InChI is InChI=1S/C14H26N4/c1-11(2)18(5)9-7-6-8-15-14-10-16-12(3)13(4)17-14/h10-11H,6-9H2,1-5H3,(H,15,17). The van der Waals surface area contributed by atoms with Crippen molar-refractivity contribution in [1.29, 1.82) is 0 Å². The van der Waals surface area contributed by atoms with E-state index in [0.29, 0.717) is 6.04 Å². The molecule has 0 amide bonds. The lowest BCUT2D eigenvalue weighted by Gasteiger charge is -2.20. The van der Waals surface area contributed by atoms with Crippen LogP contribution in [0.15, 0.2) is 6.20 Å². The van der Waals surface area contributed by atoms with Crippen molar-refractivity contribution in [2.45, 2.75) is 46.6 Å². The first-order chi connectivity index (χ1) is 8.50. The molecule has 0 atom stereocenters. The SMILES string of the molecule is Cc1ncc(NCCCCN(C)C(C)C)nc1C. The summed E-state index contributed by atoms with van der Waals surface area (Å²) < 4.78 is 0. The molecule has 18 heavy (non-hydrogen) atoms. The van der Waals surface area contributed by atoms with Crippen molar-refractivity contribution in [3.63, 3.8) is 0 Å². The third-order valence-corrected chi connectivity index (χ3v) is 3.32. The lowest BCUT2D eigenvalue weighted by atomic mass is 10.2. The van der Waals surface area contributed by atoms with Crippen molar-refractivity contribution in [3.05, 3.63) is 17.6 Å². The van der Waals surface area contributed by atoms with Gasteiger partial charge in [0.15, 0.2) is 0 Å². The molecule has 1 rings (SSSR count). The van der Waals surface area contributed by atoms with Gasteiger partial charge in [-0.05, 0) is 54.1 Å². The Bertz CT molecular complexity index is 363. The van der Waals surface area contributed by atoms with Crippen molar-refractivity contribution in [3.8, 4) is 0 Å². The van der Waals surface area contributed by atoms with Crippen molar-refractivity contribution in [2.24, 2.45) is 0 Å². The second kappa shape index (κ2) is 7.31. The third kappa shape index (κ3) is 5.00. The molecule has 1 aromatic rings. The summed E-state index contributed by atoms with van der Waals surface area (Å²) in [7, 11) is 2.17. The van der Waals surface area contributed by atoms with Gasteiger partial charge in [-0.1, -0.05) is 0 Å². The maximum Gasteiger partial charge on any atom is 0.144 e. The topological polar surface area (TPSA) is 41.1 Å². The van der Waals surface area contributed by atoms with Crippen LogP contribution in [-0.2, 0) is 0 Å². The summed E-state index contributed by atoms with van der Waals surface area (Å²) >= 11 is 0. The molecule has 0 spiro atoms. The number of anilines is 1. The number of nitrogens with zero attached hydrogens (tertiary/aromatic N) is 3. The lowest BCUT2D eigenvalue weighted by molar-refractivity contribution is 0.269. The molecule has 1 N–H and O–H groups in total. The molecular formula is C14H26N4. The average Bonchev–Trinajstić information content (AvgIpc) is 2.32. The summed E-state index contributed by atoms with van der Waals surface area (Å²) in [4.78, 5) is 11.1. The van der Waals surface area contributed by atoms with Gasteiger partial charge >= 0.3 is 0 Å². The van der Waals surface area contributed by atoms with Crippen LogP contribution >= 0.6 is 0 Å². The van der Waals surface area contributed by atoms with Crippen LogP contribution in [0, 0.1) is 13.8 Å². The molecule has 0 saturated carbocycles. The van der Waals surface area contributed by atoms with Gasteiger partial charge in [-0.2, -0.15) is 0 Å². The first kappa shape index (κ1) is 14.9. The Labute approximate surface area is 111 Å². The monoisotopic (exact) mass is 250 g/mol. The molecule has 1 heterocycles. The van der Waals surface area contributed by atoms with Crippen LogP contribution in [0.3, 0.4) is 0 Å². The number of hydrogen-bond donors (Lipinski definition) is 1. The van der Waals surface area contributed by atoms with Crippen LogP contribution in [0.1, 0.15) is 38.1 Å². The zero-order valence-corrected chi connectivity index (χ0v) is 12.3. The van der Waals surface area contributed by atoms with Gasteiger partial charge in [0.2, 0.25) is 0 Å². The van der Waals surface area contributed by atoms with Gasteiger partial charge in [0.05, 0.1) is 17.6 Å². The number of aromatic nitrogens is 2. The zero-order valence-electron chi connectivity index (χ0n) is 12.3. The van der Waals surface area contributed by atoms with E-state index < -0.39 is 0 Å². The minimum absolute atomic E-state index is 0.628. The number of rotatable bonds is 7. The summed E-state index contributed by atoms with van der Waals surface area (Å²) in [5.41, 5.74) is 2.00. The number of unbranched alkanes of at least 4 members (excludes halogenated alkanes) is 1. The van der Waals surface area contributed by atoms with Crippen LogP contribution in [-0.4, -0.2) is 41.0 Å². The highest BCUT2D eigenvalue weighted by atomic mass is 15.1.